The van der Waals surface area contributed by atoms with Gasteiger partial charge in [0.1, 0.15) is 0 Å². The molecule has 0 aromatic rings. The third-order valence-corrected chi connectivity index (χ3v) is 3.28. The third-order valence-electron chi connectivity index (χ3n) is 3.28. The molecule has 13 heavy (non-hydrogen) atoms. The van der Waals surface area contributed by atoms with Gasteiger partial charge in [-0.3, -0.25) is 0 Å². The first-order chi connectivity index (χ1) is 6.11. The molecule has 1 unspecified atom stereocenters. The zero-order valence-electron chi connectivity index (χ0n) is 8.38. The predicted molar refractivity (Wildman–Crippen MR) is 56.0 cm³/mol. The van der Waals surface area contributed by atoms with Gasteiger partial charge in [0.2, 0.25) is 0 Å². The van der Waals surface area contributed by atoms with Gasteiger partial charge < -0.3 is 5.73 Å². The van der Waals surface area contributed by atoms with E-state index in [1.807, 2.05) is 0 Å². The van der Waals surface area contributed by atoms with Crippen LogP contribution >= 0.6 is 0 Å². The van der Waals surface area contributed by atoms with E-state index in [9.17, 15) is 0 Å². The lowest BCUT2D eigenvalue weighted by Crippen LogP contribution is -2.31. The number of hydrogen-bond donors (Lipinski definition) is 1. The van der Waals surface area contributed by atoms with Crippen molar-refractivity contribution in [3.05, 3.63) is 35.6 Å². The fourth-order valence-corrected chi connectivity index (χ4v) is 2.29. The maximum Gasteiger partial charge on any atom is 0.0119 e. The highest BCUT2D eigenvalue weighted by Crippen LogP contribution is 2.44. The van der Waals surface area contributed by atoms with Crippen molar-refractivity contribution in [1.82, 2.24) is 0 Å². The van der Waals surface area contributed by atoms with Crippen LogP contribution in [0.2, 0.25) is 0 Å². The molecule has 0 bridgehead atoms. The Kier molecular flexibility index (Phi) is 1.83. The molecule has 0 heterocycles. The van der Waals surface area contributed by atoms with Crippen LogP contribution in [0.15, 0.2) is 35.6 Å². The lowest BCUT2D eigenvalue weighted by atomic mass is 9.66. The minimum Gasteiger partial charge on any atom is -0.402 e. The smallest absolute Gasteiger partial charge is 0.0119 e. The molecule has 0 fully saturated rings. The highest BCUT2D eigenvalue weighted by molar-refractivity contribution is 5.39. The molecule has 0 aromatic heterocycles. The molecule has 0 spiro atoms. The maximum atomic E-state index is 6.00. The molecule has 1 atom stereocenters. The average Bonchev–Trinajstić information content (AvgIpc) is 2.13. The summed E-state index contributed by atoms with van der Waals surface area (Å²) in [5.41, 5.74) is 8.81. The van der Waals surface area contributed by atoms with E-state index < -0.39 is 0 Å². The van der Waals surface area contributed by atoms with E-state index in [1.165, 1.54) is 12.0 Å². The number of fused-ring (bicyclic) bond motifs is 1. The second-order valence-electron chi connectivity index (χ2n) is 4.69. The van der Waals surface area contributed by atoms with Crippen LogP contribution in [0.5, 0.6) is 0 Å². The summed E-state index contributed by atoms with van der Waals surface area (Å²) in [7, 11) is 0. The van der Waals surface area contributed by atoms with E-state index in [-0.39, 0.29) is 0 Å². The summed E-state index contributed by atoms with van der Waals surface area (Å²) in [5, 5.41) is 0. The van der Waals surface area contributed by atoms with Crippen LogP contribution in [0.25, 0.3) is 0 Å². The van der Waals surface area contributed by atoms with Crippen molar-refractivity contribution >= 4 is 0 Å². The molecular formula is C12H17N. The second kappa shape index (κ2) is 2.76. The molecule has 0 aliphatic heterocycles. The summed E-state index contributed by atoms with van der Waals surface area (Å²) in [4.78, 5) is 0. The van der Waals surface area contributed by atoms with E-state index in [2.05, 4.69) is 38.2 Å². The molecule has 2 rings (SSSR count). The number of rotatable bonds is 0. The largest absolute Gasteiger partial charge is 0.402 e. The summed E-state index contributed by atoms with van der Waals surface area (Å²) < 4.78 is 0. The Morgan fingerprint density at radius 3 is 2.85 bits per heavy atom. The molecule has 0 saturated carbocycles. The van der Waals surface area contributed by atoms with Gasteiger partial charge in [-0.15, -0.1) is 0 Å². The molecule has 0 aromatic carbocycles. The Balaban J connectivity index is 2.44. The van der Waals surface area contributed by atoms with Gasteiger partial charge in [-0.25, -0.2) is 0 Å². The van der Waals surface area contributed by atoms with Crippen molar-refractivity contribution < 1.29 is 0 Å². The highest BCUT2D eigenvalue weighted by Gasteiger charge is 2.34. The Morgan fingerprint density at radius 2 is 2.15 bits per heavy atom. The topological polar surface area (TPSA) is 26.0 Å². The summed E-state index contributed by atoms with van der Waals surface area (Å²) in [6.45, 7) is 4.65. The van der Waals surface area contributed by atoms with Crippen LogP contribution in [0.3, 0.4) is 0 Å². The van der Waals surface area contributed by atoms with Crippen molar-refractivity contribution in [2.75, 3.05) is 0 Å². The third kappa shape index (κ3) is 1.32. The fraction of sp³-hybridized carbons (Fsp3) is 0.500. The Hall–Kier alpha value is -0.980. The second-order valence-corrected chi connectivity index (χ2v) is 4.69. The van der Waals surface area contributed by atoms with Gasteiger partial charge in [0, 0.05) is 11.6 Å². The zero-order chi connectivity index (χ0) is 9.47. The fourth-order valence-electron chi connectivity index (χ4n) is 2.29. The van der Waals surface area contributed by atoms with Crippen molar-refractivity contribution in [3.63, 3.8) is 0 Å². The Bertz CT molecular complexity index is 305. The van der Waals surface area contributed by atoms with E-state index in [0.29, 0.717) is 11.3 Å². The van der Waals surface area contributed by atoms with Crippen LogP contribution in [0.1, 0.15) is 26.7 Å². The summed E-state index contributed by atoms with van der Waals surface area (Å²) in [5.74, 6) is 0.534. The molecule has 70 valence electrons. The maximum absolute atomic E-state index is 6.00. The minimum atomic E-state index is 0.374. The van der Waals surface area contributed by atoms with Crippen LogP contribution in [-0.4, -0.2) is 0 Å². The molecule has 0 saturated heterocycles. The number of nitrogens with two attached hydrogens (primary N) is 1. The molecule has 1 nitrogen and oxygen atoms in total. The molecule has 2 aliphatic rings. The Morgan fingerprint density at radius 1 is 1.38 bits per heavy atom. The quantitative estimate of drug-likeness (QED) is 0.602. The minimum absolute atomic E-state index is 0.374. The van der Waals surface area contributed by atoms with Crippen molar-refractivity contribution in [1.29, 1.82) is 0 Å². The average molecular weight is 175 g/mol. The predicted octanol–water partition coefficient (Wildman–Crippen LogP) is 2.76. The van der Waals surface area contributed by atoms with Crippen molar-refractivity contribution in [3.8, 4) is 0 Å². The van der Waals surface area contributed by atoms with Gasteiger partial charge in [-0.05, 0) is 23.8 Å². The van der Waals surface area contributed by atoms with Crippen LogP contribution in [0.4, 0.5) is 0 Å². The normalized spacial score (nSPS) is 30.5. The monoisotopic (exact) mass is 175 g/mol. The first kappa shape index (κ1) is 8.61. The summed E-state index contributed by atoms with van der Waals surface area (Å²) >= 11 is 0. The van der Waals surface area contributed by atoms with Gasteiger partial charge in [0.15, 0.2) is 0 Å². The standard InChI is InChI=1S/C12H17N/c1-12(2)8-7-11(13)9-5-3-4-6-10(9)12/h3-6,10H,7-8,13H2,1-2H3. The van der Waals surface area contributed by atoms with Crippen LogP contribution < -0.4 is 5.73 Å². The molecular weight excluding hydrogens is 158 g/mol. The molecule has 0 amide bonds. The molecule has 2 aliphatic carbocycles. The molecule has 0 radical (unpaired) electrons. The van der Waals surface area contributed by atoms with Gasteiger partial charge in [0.25, 0.3) is 0 Å². The van der Waals surface area contributed by atoms with Crippen LogP contribution in [0, 0.1) is 11.3 Å². The van der Waals surface area contributed by atoms with Crippen molar-refractivity contribution in [2.45, 2.75) is 26.7 Å². The van der Waals surface area contributed by atoms with Gasteiger partial charge in [0.05, 0.1) is 0 Å². The van der Waals surface area contributed by atoms with E-state index in [4.69, 9.17) is 5.73 Å². The van der Waals surface area contributed by atoms with E-state index in [1.54, 1.807) is 0 Å². The first-order valence-corrected chi connectivity index (χ1v) is 4.95. The SMILES string of the molecule is CC1(C)CCC(N)=C2C=CC=CC21. The molecule has 2 N–H and O–H groups in total. The van der Waals surface area contributed by atoms with Gasteiger partial charge in [-0.2, -0.15) is 0 Å². The first-order valence-electron chi connectivity index (χ1n) is 4.95. The van der Waals surface area contributed by atoms with E-state index >= 15 is 0 Å². The number of allylic oxidation sites excluding steroid dienone is 6. The highest BCUT2D eigenvalue weighted by atomic mass is 14.6. The molecule has 1 heteroatoms. The number of hydrogen-bond acceptors (Lipinski definition) is 1. The zero-order valence-corrected chi connectivity index (χ0v) is 8.38. The Labute approximate surface area is 80.0 Å². The van der Waals surface area contributed by atoms with Crippen LogP contribution in [-0.2, 0) is 0 Å². The van der Waals surface area contributed by atoms with Gasteiger partial charge in [-0.1, -0.05) is 38.2 Å². The van der Waals surface area contributed by atoms with E-state index in [0.717, 1.165) is 12.1 Å². The van der Waals surface area contributed by atoms with Crippen molar-refractivity contribution in [2.24, 2.45) is 17.1 Å². The summed E-state index contributed by atoms with van der Waals surface area (Å²) in [6.07, 6.45) is 10.9. The lowest BCUT2D eigenvalue weighted by Gasteiger charge is -2.39. The lowest BCUT2D eigenvalue weighted by molar-refractivity contribution is 0.252. The summed E-state index contributed by atoms with van der Waals surface area (Å²) in [6, 6.07) is 0. The van der Waals surface area contributed by atoms with Gasteiger partial charge >= 0.3 is 0 Å².